The van der Waals surface area contributed by atoms with Gasteiger partial charge in [0.05, 0.1) is 22.5 Å². The summed E-state index contributed by atoms with van der Waals surface area (Å²) >= 11 is 1.59. The molecule has 0 amide bonds. The van der Waals surface area contributed by atoms with Crippen molar-refractivity contribution < 1.29 is 13.9 Å². The molecule has 7 heteroatoms. The van der Waals surface area contributed by atoms with Crippen LogP contribution in [0.15, 0.2) is 47.3 Å². The molecular weight excluding hydrogens is 362 g/mol. The number of pyridine rings is 2. The number of furan rings is 1. The summed E-state index contributed by atoms with van der Waals surface area (Å²) in [6.45, 7) is 4.42. The Bertz CT molecular complexity index is 1060. The van der Waals surface area contributed by atoms with E-state index in [2.05, 4.69) is 4.98 Å². The Morgan fingerprint density at radius 3 is 2.89 bits per heavy atom. The van der Waals surface area contributed by atoms with Crippen LogP contribution < -0.4 is 0 Å². The van der Waals surface area contributed by atoms with Crippen molar-refractivity contribution in [2.75, 3.05) is 13.7 Å². The molecule has 0 N–H and O–H groups in total. The minimum atomic E-state index is -0.588. The number of aromatic nitrogens is 3. The average Bonchev–Trinajstić information content (AvgIpc) is 3.32. The van der Waals surface area contributed by atoms with E-state index in [4.69, 9.17) is 23.9 Å². The van der Waals surface area contributed by atoms with Crippen LogP contribution in [0.25, 0.3) is 32.1 Å². The molecular formula is C20H19N3O3S. The molecule has 0 spiro atoms. The average molecular weight is 381 g/mol. The van der Waals surface area contributed by atoms with E-state index in [1.807, 2.05) is 44.3 Å². The highest BCUT2D eigenvalue weighted by atomic mass is 32.1. The van der Waals surface area contributed by atoms with E-state index in [-0.39, 0.29) is 0 Å². The van der Waals surface area contributed by atoms with E-state index < -0.39 is 6.29 Å². The Hall–Kier alpha value is -2.61. The molecule has 0 saturated heterocycles. The van der Waals surface area contributed by atoms with Crippen molar-refractivity contribution in [1.29, 1.82) is 0 Å². The Kier molecular flexibility index (Phi) is 4.98. The minimum Gasteiger partial charge on any atom is -0.462 e. The highest BCUT2D eigenvalue weighted by molar-refractivity contribution is 7.18. The monoisotopic (exact) mass is 381 g/mol. The van der Waals surface area contributed by atoms with Gasteiger partial charge in [0.1, 0.15) is 10.7 Å². The lowest BCUT2D eigenvalue weighted by molar-refractivity contribution is -0.125. The fraction of sp³-hybridized carbons (Fsp3) is 0.250. The van der Waals surface area contributed by atoms with Gasteiger partial charge in [0.25, 0.3) is 0 Å². The molecule has 4 aromatic rings. The van der Waals surface area contributed by atoms with Crippen LogP contribution >= 0.6 is 11.3 Å². The van der Waals surface area contributed by atoms with E-state index in [0.717, 1.165) is 32.2 Å². The van der Waals surface area contributed by atoms with Crippen molar-refractivity contribution in [3.63, 3.8) is 0 Å². The summed E-state index contributed by atoms with van der Waals surface area (Å²) in [7, 11) is 1.60. The third kappa shape index (κ3) is 3.37. The first-order valence-corrected chi connectivity index (χ1v) is 9.43. The van der Waals surface area contributed by atoms with Crippen LogP contribution in [0.1, 0.15) is 24.6 Å². The number of methoxy groups -OCH3 is 1. The van der Waals surface area contributed by atoms with Gasteiger partial charge < -0.3 is 13.9 Å². The predicted molar refractivity (Wildman–Crippen MR) is 104 cm³/mol. The highest BCUT2D eigenvalue weighted by Gasteiger charge is 2.22. The van der Waals surface area contributed by atoms with Gasteiger partial charge in [-0.25, -0.2) is 9.97 Å². The van der Waals surface area contributed by atoms with Gasteiger partial charge in [-0.2, -0.15) is 0 Å². The first-order valence-electron chi connectivity index (χ1n) is 8.62. The number of thiazole rings is 1. The maximum atomic E-state index is 5.69. The third-order valence-corrected chi connectivity index (χ3v) is 5.38. The zero-order chi connectivity index (χ0) is 18.8. The fourth-order valence-corrected chi connectivity index (χ4v) is 3.95. The van der Waals surface area contributed by atoms with Crippen molar-refractivity contribution >= 4 is 22.3 Å². The predicted octanol–water partition coefficient (Wildman–Crippen LogP) is 5.00. The Morgan fingerprint density at radius 1 is 1.26 bits per heavy atom. The summed E-state index contributed by atoms with van der Waals surface area (Å²) in [5.74, 6) is 0. The van der Waals surface area contributed by atoms with Crippen molar-refractivity contribution in [3.8, 4) is 21.1 Å². The maximum Gasteiger partial charge on any atom is 0.204 e. The van der Waals surface area contributed by atoms with Gasteiger partial charge in [0.15, 0.2) is 5.58 Å². The highest BCUT2D eigenvalue weighted by Crippen LogP contribution is 2.37. The smallest absolute Gasteiger partial charge is 0.204 e. The van der Waals surface area contributed by atoms with Gasteiger partial charge in [0.2, 0.25) is 6.29 Å². The third-order valence-electron chi connectivity index (χ3n) is 4.15. The standard InChI is InChI=1S/C20H19N3O3S/c1-4-25-20(24-3)16-17-13(7-9-26-17)10-15(23-16)18-12(2)22-19(27-18)14-6-5-8-21-11-14/h5-11,20H,4H2,1-3H3. The van der Waals surface area contributed by atoms with Crippen LogP contribution in [-0.2, 0) is 9.47 Å². The fourth-order valence-electron chi connectivity index (χ4n) is 2.93. The van der Waals surface area contributed by atoms with Crippen LogP contribution in [0.3, 0.4) is 0 Å². The number of ether oxygens (including phenoxy) is 2. The molecule has 0 aliphatic rings. The first-order chi connectivity index (χ1) is 13.2. The number of rotatable bonds is 6. The molecule has 0 aliphatic heterocycles. The maximum absolute atomic E-state index is 5.69. The van der Waals surface area contributed by atoms with Crippen LogP contribution in [0.4, 0.5) is 0 Å². The molecule has 0 fully saturated rings. The summed E-state index contributed by atoms with van der Waals surface area (Å²) in [5, 5.41) is 1.87. The SMILES string of the molecule is CCOC(OC)c1nc(-c2sc(-c3cccnc3)nc2C)cc2ccoc12. The van der Waals surface area contributed by atoms with E-state index in [1.54, 1.807) is 30.9 Å². The topological polar surface area (TPSA) is 70.3 Å². The molecule has 0 saturated carbocycles. The molecule has 4 heterocycles. The van der Waals surface area contributed by atoms with Crippen LogP contribution in [0.2, 0.25) is 0 Å². The van der Waals surface area contributed by atoms with Crippen LogP contribution in [0, 0.1) is 6.92 Å². The van der Waals surface area contributed by atoms with Gasteiger partial charge in [-0.05, 0) is 38.1 Å². The molecule has 0 aromatic carbocycles. The Balaban J connectivity index is 1.84. The minimum absolute atomic E-state index is 0.511. The van der Waals surface area contributed by atoms with E-state index in [1.165, 1.54) is 0 Å². The first kappa shape index (κ1) is 17.8. The molecule has 1 atom stereocenters. The van der Waals surface area contributed by atoms with Gasteiger partial charge >= 0.3 is 0 Å². The second-order valence-corrected chi connectivity index (χ2v) is 6.93. The van der Waals surface area contributed by atoms with E-state index in [9.17, 15) is 0 Å². The second kappa shape index (κ2) is 7.56. The van der Waals surface area contributed by atoms with Gasteiger partial charge in [-0.1, -0.05) is 0 Å². The zero-order valence-corrected chi connectivity index (χ0v) is 16.1. The van der Waals surface area contributed by atoms with E-state index >= 15 is 0 Å². The van der Waals surface area contributed by atoms with E-state index in [0.29, 0.717) is 17.9 Å². The summed E-state index contributed by atoms with van der Waals surface area (Å²) in [6, 6.07) is 7.84. The number of hydrogen-bond donors (Lipinski definition) is 0. The molecule has 0 aliphatic carbocycles. The summed E-state index contributed by atoms with van der Waals surface area (Å²) in [4.78, 5) is 14.7. The van der Waals surface area contributed by atoms with Crippen molar-refractivity contribution in [1.82, 2.24) is 15.0 Å². The Labute approximate surface area is 160 Å². The number of nitrogens with zero attached hydrogens (tertiary/aromatic N) is 3. The summed E-state index contributed by atoms with van der Waals surface area (Å²) in [5.41, 5.74) is 4.04. The largest absolute Gasteiger partial charge is 0.462 e. The normalized spacial score (nSPS) is 12.6. The molecule has 0 bridgehead atoms. The van der Waals surface area contributed by atoms with Gasteiger partial charge in [-0.3, -0.25) is 4.98 Å². The van der Waals surface area contributed by atoms with Crippen molar-refractivity contribution in [3.05, 3.63) is 54.3 Å². The number of hydrogen-bond acceptors (Lipinski definition) is 7. The van der Waals surface area contributed by atoms with Gasteiger partial charge in [0, 0.05) is 37.1 Å². The van der Waals surface area contributed by atoms with Crippen molar-refractivity contribution in [2.45, 2.75) is 20.1 Å². The van der Waals surface area contributed by atoms with Crippen LogP contribution in [-0.4, -0.2) is 28.7 Å². The molecule has 1 unspecified atom stereocenters. The lowest BCUT2D eigenvalue weighted by Gasteiger charge is -2.15. The quantitative estimate of drug-likeness (QED) is 0.438. The molecule has 4 aromatic heterocycles. The molecule has 0 radical (unpaired) electrons. The molecule has 138 valence electrons. The number of fused-ring (bicyclic) bond motifs is 1. The Morgan fingerprint density at radius 2 is 2.15 bits per heavy atom. The van der Waals surface area contributed by atoms with Crippen molar-refractivity contribution in [2.24, 2.45) is 0 Å². The molecule has 27 heavy (non-hydrogen) atoms. The lowest BCUT2D eigenvalue weighted by Crippen LogP contribution is -2.09. The van der Waals surface area contributed by atoms with Gasteiger partial charge in [-0.15, -0.1) is 11.3 Å². The number of aryl methyl sites for hydroxylation is 1. The zero-order valence-electron chi connectivity index (χ0n) is 15.3. The summed E-state index contributed by atoms with van der Waals surface area (Å²) < 4.78 is 16.8. The van der Waals surface area contributed by atoms with Crippen LogP contribution in [0.5, 0.6) is 0 Å². The molecule has 6 nitrogen and oxygen atoms in total. The lowest BCUT2D eigenvalue weighted by atomic mass is 10.2. The second-order valence-electron chi connectivity index (χ2n) is 5.93. The molecule has 4 rings (SSSR count). The summed E-state index contributed by atoms with van der Waals surface area (Å²) in [6.07, 6.45) is 4.63.